The minimum atomic E-state index is -0.107. The van der Waals surface area contributed by atoms with Gasteiger partial charge in [-0.2, -0.15) is 0 Å². The van der Waals surface area contributed by atoms with Crippen molar-refractivity contribution >= 4 is 5.97 Å². The van der Waals surface area contributed by atoms with Gasteiger partial charge in [0, 0.05) is 0 Å². The van der Waals surface area contributed by atoms with E-state index in [4.69, 9.17) is 4.74 Å². The van der Waals surface area contributed by atoms with Crippen molar-refractivity contribution in [1.29, 1.82) is 0 Å². The van der Waals surface area contributed by atoms with Gasteiger partial charge in [-0.3, -0.25) is 4.79 Å². The summed E-state index contributed by atoms with van der Waals surface area (Å²) in [6.07, 6.45) is 5.72. The number of hydrogen-bond donors (Lipinski definition) is 0. The molecule has 0 rings (SSSR count). The third-order valence-corrected chi connectivity index (χ3v) is 1.63. The van der Waals surface area contributed by atoms with E-state index in [9.17, 15) is 4.79 Å². The molecule has 0 heterocycles. The molecule has 1 atom stereocenters. The van der Waals surface area contributed by atoms with E-state index in [0.717, 1.165) is 12.8 Å². The number of allylic oxidation sites excluding steroid dienone is 1. The van der Waals surface area contributed by atoms with Crippen LogP contribution in [0.5, 0.6) is 0 Å². The Labute approximate surface area is 74.6 Å². The van der Waals surface area contributed by atoms with Crippen molar-refractivity contribution < 1.29 is 9.53 Å². The molecule has 0 bridgehead atoms. The number of hydrogen-bond acceptors (Lipinski definition) is 2. The van der Waals surface area contributed by atoms with Gasteiger partial charge in [0.25, 0.3) is 0 Å². The second kappa shape index (κ2) is 6.89. The molecule has 0 N–H and O–H groups in total. The second-order valence-electron chi connectivity index (χ2n) is 2.60. The van der Waals surface area contributed by atoms with Gasteiger partial charge in [-0.05, 0) is 19.8 Å². The van der Waals surface area contributed by atoms with Crippen molar-refractivity contribution in [3.05, 3.63) is 12.2 Å². The van der Waals surface area contributed by atoms with Crippen LogP contribution in [0.25, 0.3) is 0 Å². The molecule has 0 aliphatic carbocycles. The molecule has 1 unspecified atom stereocenters. The average Bonchev–Trinajstić information content (AvgIpc) is 2.06. The Morgan fingerprint density at radius 1 is 1.42 bits per heavy atom. The first-order valence-electron chi connectivity index (χ1n) is 4.59. The molecule has 70 valence electrons. The predicted molar refractivity (Wildman–Crippen MR) is 49.8 cm³/mol. The maximum atomic E-state index is 11.2. The summed E-state index contributed by atoms with van der Waals surface area (Å²) in [4.78, 5) is 11.2. The first-order valence-corrected chi connectivity index (χ1v) is 4.59. The third kappa shape index (κ3) is 4.16. The molecule has 0 amide bonds. The average molecular weight is 170 g/mol. The molecule has 0 aliphatic rings. The fourth-order valence-electron chi connectivity index (χ4n) is 0.931. The highest BCUT2D eigenvalue weighted by Crippen LogP contribution is 2.07. The van der Waals surface area contributed by atoms with Crippen molar-refractivity contribution in [3.8, 4) is 0 Å². The minimum absolute atomic E-state index is 0.0510. The Kier molecular flexibility index (Phi) is 6.44. The molecular formula is C10H18O2. The number of esters is 1. The molecule has 0 fully saturated rings. The third-order valence-electron chi connectivity index (χ3n) is 1.63. The molecule has 0 aliphatic heterocycles. The number of rotatable bonds is 5. The zero-order valence-corrected chi connectivity index (χ0v) is 8.17. The van der Waals surface area contributed by atoms with Gasteiger partial charge in [0.15, 0.2) is 0 Å². The summed E-state index contributed by atoms with van der Waals surface area (Å²) in [5, 5.41) is 0. The van der Waals surface area contributed by atoms with E-state index in [2.05, 4.69) is 0 Å². The smallest absolute Gasteiger partial charge is 0.312 e. The lowest BCUT2D eigenvalue weighted by atomic mass is 10.1. The van der Waals surface area contributed by atoms with E-state index in [0.29, 0.717) is 6.61 Å². The topological polar surface area (TPSA) is 26.3 Å². The van der Waals surface area contributed by atoms with Crippen molar-refractivity contribution in [2.24, 2.45) is 5.92 Å². The summed E-state index contributed by atoms with van der Waals surface area (Å²) >= 11 is 0. The second-order valence-corrected chi connectivity index (χ2v) is 2.60. The van der Waals surface area contributed by atoms with Crippen LogP contribution in [0.3, 0.4) is 0 Å². The number of carbonyl (C=O) groups is 1. The SMILES string of the molecule is CCC=CC(CC)C(=O)OCC. The lowest BCUT2D eigenvalue weighted by Gasteiger charge is -2.07. The Hall–Kier alpha value is -0.790. The van der Waals surface area contributed by atoms with Crippen LogP contribution in [-0.4, -0.2) is 12.6 Å². The van der Waals surface area contributed by atoms with Gasteiger partial charge in [0.1, 0.15) is 0 Å². The van der Waals surface area contributed by atoms with Crippen molar-refractivity contribution in [1.82, 2.24) is 0 Å². The standard InChI is InChI=1S/C10H18O2/c1-4-7-8-9(5-2)10(11)12-6-3/h7-9H,4-6H2,1-3H3. The van der Waals surface area contributed by atoms with Gasteiger partial charge in [-0.1, -0.05) is 26.0 Å². The zero-order valence-electron chi connectivity index (χ0n) is 8.17. The monoisotopic (exact) mass is 170 g/mol. The molecule has 0 spiro atoms. The summed E-state index contributed by atoms with van der Waals surface area (Å²) in [7, 11) is 0. The lowest BCUT2D eigenvalue weighted by molar-refractivity contribution is -0.146. The molecule has 0 aromatic heterocycles. The van der Waals surface area contributed by atoms with Crippen LogP contribution in [0.2, 0.25) is 0 Å². The zero-order chi connectivity index (χ0) is 9.40. The summed E-state index contributed by atoms with van der Waals surface area (Å²) in [5.74, 6) is -0.158. The Balaban J connectivity index is 3.96. The van der Waals surface area contributed by atoms with E-state index < -0.39 is 0 Å². The van der Waals surface area contributed by atoms with Crippen LogP contribution in [0.1, 0.15) is 33.6 Å². The maximum absolute atomic E-state index is 11.2. The number of carbonyl (C=O) groups excluding carboxylic acids is 1. The summed E-state index contributed by atoms with van der Waals surface area (Å²) in [6, 6.07) is 0. The van der Waals surface area contributed by atoms with Gasteiger partial charge >= 0.3 is 5.97 Å². The van der Waals surface area contributed by atoms with Gasteiger partial charge in [0.2, 0.25) is 0 Å². The van der Waals surface area contributed by atoms with Crippen LogP contribution in [0.15, 0.2) is 12.2 Å². The van der Waals surface area contributed by atoms with Crippen LogP contribution in [0.4, 0.5) is 0 Å². The highest BCUT2D eigenvalue weighted by atomic mass is 16.5. The molecule has 2 nitrogen and oxygen atoms in total. The molecule has 0 saturated carbocycles. The fourth-order valence-corrected chi connectivity index (χ4v) is 0.931. The molecule has 12 heavy (non-hydrogen) atoms. The Morgan fingerprint density at radius 2 is 2.08 bits per heavy atom. The highest BCUT2D eigenvalue weighted by Gasteiger charge is 2.12. The quantitative estimate of drug-likeness (QED) is 0.468. The van der Waals surface area contributed by atoms with Crippen molar-refractivity contribution in [2.75, 3.05) is 6.61 Å². The van der Waals surface area contributed by atoms with Crippen LogP contribution >= 0.6 is 0 Å². The van der Waals surface area contributed by atoms with Crippen LogP contribution < -0.4 is 0 Å². The Morgan fingerprint density at radius 3 is 2.50 bits per heavy atom. The Bertz CT molecular complexity index is 150. The summed E-state index contributed by atoms with van der Waals surface area (Å²) in [6.45, 7) is 6.33. The van der Waals surface area contributed by atoms with Gasteiger partial charge in [0.05, 0.1) is 12.5 Å². The van der Waals surface area contributed by atoms with E-state index in [1.807, 2.05) is 32.9 Å². The molecule has 2 heteroatoms. The maximum Gasteiger partial charge on any atom is 0.312 e. The fraction of sp³-hybridized carbons (Fsp3) is 0.700. The summed E-state index contributed by atoms with van der Waals surface area (Å²) in [5.41, 5.74) is 0. The highest BCUT2D eigenvalue weighted by molar-refractivity contribution is 5.74. The van der Waals surface area contributed by atoms with Gasteiger partial charge in [-0.15, -0.1) is 0 Å². The molecule has 0 saturated heterocycles. The van der Waals surface area contributed by atoms with E-state index in [-0.39, 0.29) is 11.9 Å². The largest absolute Gasteiger partial charge is 0.466 e. The van der Waals surface area contributed by atoms with E-state index in [1.54, 1.807) is 0 Å². The molecule has 0 radical (unpaired) electrons. The van der Waals surface area contributed by atoms with Crippen LogP contribution in [-0.2, 0) is 9.53 Å². The number of ether oxygens (including phenoxy) is 1. The predicted octanol–water partition coefficient (Wildman–Crippen LogP) is 2.54. The first kappa shape index (κ1) is 11.2. The van der Waals surface area contributed by atoms with Gasteiger partial charge < -0.3 is 4.74 Å². The molecular weight excluding hydrogens is 152 g/mol. The summed E-state index contributed by atoms with van der Waals surface area (Å²) < 4.78 is 4.90. The first-order chi connectivity index (χ1) is 5.76. The van der Waals surface area contributed by atoms with Crippen LogP contribution in [0, 0.1) is 5.92 Å². The lowest BCUT2D eigenvalue weighted by Crippen LogP contribution is -2.14. The molecule has 0 aromatic rings. The minimum Gasteiger partial charge on any atom is -0.466 e. The molecule has 0 aromatic carbocycles. The van der Waals surface area contributed by atoms with Gasteiger partial charge in [-0.25, -0.2) is 0 Å². The van der Waals surface area contributed by atoms with Crippen molar-refractivity contribution in [2.45, 2.75) is 33.6 Å². The van der Waals surface area contributed by atoms with E-state index >= 15 is 0 Å². The van der Waals surface area contributed by atoms with E-state index in [1.165, 1.54) is 0 Å². The normalized spacial score (nSPS) is 13.2. The van der Waals surface area contributed by atoms with Crippen molar-refractivity contribution in [3.63, 3.8) is 0 Å².